The van der Waals surface area contributed by atoms with E-state index in [9.17, 15) is 19.5 Å². The number of carbonyl (C=O) groups is 2. The van der Waals surface area contributed by atoms with Gasteiger partial charge in [-0.15, -0.1) is 0 Å². The first-order valence-corrected chi connectivity index (χ1v) is 11.5. The molecule has 1 aromatic carbocycles. The molecule has 3 heterocycles. The second-order valence-electron chi connectivity index (χ2n) is 8.50. The summed E-state index contributed by atoms with van der Waals surface area (Å²) in [6.07, 6.45) is 0.816. The summed E-state index contributed by atoms with van der Waals surface area (Å²) in [5, 5.41) is 10.1. The van der Waals surface area contributed by atoms with Gasteiger partial charge < -0.3 is 23.7 Å². The van der Waals surface area contributed by atoms with Crippen molar-refractivity contribution >= 4 is 50.0 Å². The third-order valence-corrected chi connectivity index (χ3v) is 7.29. The van der Waals surface area contributed by atoms with E-state index in [-0.39, 0.29) is 36.8 Å². The highest BCUT2D eigenvalue weighted by Crippen LogP contribution is 2.39. The molecule has 0 radical (unpaired) electrons. The summed E-state index contributed by atoms with van der Waals surface area (Å²) in [6, 6.07) is 3.22. The number of rotatable bonds is 4. The van der Waals surface area contributed by atoms with Crippen molar-refractivity contribution < 1.29 is 23.8 Å². The molecule has 1 saturated carbocycles. The van der Waals surface area contributed by atoms with Crippen LogP contribution in [0.5, 0.6) is 0 Å². The van der Waals surface area contributed by atoms with Gasteiger partial charge in [-0.25, -0.2) is 9.78 Å². The number of carboxylic acid groups (broad SMARTS) is 1. The smallest absolute Gasteiger partial charge is 0.407 e. The Morgan fingerprint density at radius 1 is 1.30 bits per heavy atom. The molecule has 1 aliphatic carbocycles. The van der Waals surface area contributed by atoms with Crippen molar-refractivity contribution in [3.63, 3.8) is 0 Å². The Balaban J connectivity index is 1.57. The average molecular weight is 519 g/mol. The summed E-state index contributed by atoms with van der Waals surface area (Å²) in [7, 11) is 1.27. The number of aromatic nitrogens is 2. The number of methoxy groups -OCH3 is 1. The number of pyridine rings is 1. The zero-order valence-electron chi connectivity index (χ0n) is 18.2. The highest BCUT2D eigenvalue weighted by molar-refractivity contribution is 9.10. The van der Waals surface area contributed by atoms with Gasteiger partial charge in [-0.1, -0.05) is 15.9 Å². The number of fused-ring (bicyclic) bond motifs is 3. The minimum absolute atomic E-state index is 0.00707. The van der Waals surface area contributed by atoms with E-state index in [4.69, 9.17) is 9.15 Å². The molecule has 1 atom stereocenters. The second kappa shape index (κ2) is 8.14. The summed E-state index contributed by atoms with van der Waals surface area (Å²) in [5.41, 5.74) is 2.32. The minimum atomic E-state index is -1.08. The Kier molecular flexibility index (Phi) is 5.40. The van der Waals surface area contributed by atoms with Crippen molar-refractivity contribution in [3.8, 4) is 0 Å². The molecular formula is C22H23BrN4O6. The molecule has 2 aliphatic rings. The molecule has 33 heavy (non-hydrogen) atoms. The molecule has 10 nitrogen and oxygen atoms in total. The zero-order valence-corrected chi connectivity index (χ0v) is 19.8. The highest BCUT2D eigenvalue weighted by Gasteiger charge is 2.36. The number of esters is 1. The average Bonchev–Trinajstić information content (AvgIpc) is 3.54. The van der Waals surface area contributed by atoms with Crippen LogP contribution in [0.2, 0.25) is 0 Å². The first-order valence-electron chi connectivity index (χ1n) is 10.7. The second-order valence-corrected chi connectivity index (χ2v) is 9.35. The predicted octanol–water partition coefficient (Wildman–Crippen LogP) is 2.89. The third kappa shape index (κ3) is 3.68. The van der Waals surface area contributed by atoms with Crippen LogP contribution in [0.15, 0.2) is 25.8 Å². The summed E-state index contributed by atoms with van der Waals surface area (Å²) in [4.78, 5) is 44.6. The fraction of sp³-hybridized carbons (Fsp3) is 0.455. The number of carbonyl (C=O) groups excluding carboxylic acids is 1. The number of benzene rings is 1. The van der Waals surface area contributed by atoms with E-state index in [0.717, 1.165) is 33.8 Å². The first kappa shape index (κ1) is 21.9. The Hall–Kier alpha value is -2.92. The summed E-state index contributed by atoms with van der Waals surface area (Å²) in [5.74, 6) is -0.228. The van der Waals surface area contributed by atoms with Crippen LogP contribution in [0.4, 0.5) is 4.79 Å². The van der Waals surface area contributed by atoms with Crippen molar-refractivity contribution in [1.29, 1.82) is 0 Å². The molecule has 1 unspecified atom stereocenters. The summed E-state index contributed by atoms with van der Waals surface area (Å²) >= 11 is 3.56. The SMILES string of the molecule is COC(=O)C1CN(C(=O)O)CCN1Cc1nc2c(=O)n(C3CC3)c3c(C)c(Br)ccc3c2o1. The van der Waals surface area contributed by atoms with Crippen LogP contribution in [0.25, 0.3) is 22.0 Å². The van der Waals surface area contributed by atoms with Gasteiger partial charge in [-0.2, -0.15) is 0 Å². The first-order chi connectivity index (χ1) is 15.8. The lowest BCUT2D eigenvalue weighted by molar-refractivity contribution is -0.149. The van der Waals surface area contributed by atoms with Crippen LogP contribution in [-0.2, 0) is 16.1 Å². The zero-order chi connectivity index (χ0) is 23.4. The van der Waals surface area contributed by atoms with E-state index in [1.807, 2.05) is 23.6 Å². The molecule has 1 N–H and O–H groups in total. The normalized spacial score (nSPS) is 19.4. The van der Waals surface area contributed by atoms with Crippen LogP contribution in [-0.4, -0.2) is 69.3 Å². The van der Waals surface area contributed by atoms with Gasteiger partial charge in [0, 0.05) is 29.0 Å². The molecule has 1 aliphatic heterocycles. The van der Waals surface area contributed by atoms with Crippen molar-refractivity contribution in [2.24, 2.45) is 0 Å². The molecule has 1 saturated heterocycles. The van der Waals surface area contributed by atoms with Crippen LogP contribution < -0.4 is 5.56 Å². The Morgan fingerprint density at radius 2 is 2.06 bits per heavy atom. The maximum atomic E-state index is 13.4. The van der Waals surface area contributed by atoms with Gasteiger partial charge in [0.2, 0.25) is 5.89 Å². The topological polar surface area (TPSA) is 118 Å². The van der Waals surface area contributed by atoms with Gasteiger partial charge in [0.15, 0.2) is 11.1 Å². The molecule has 0 spiro atoms. The minimum Gasteiger partial charge on any atom is -0.468 e. The summed E-state index contributed by atoms with van der Waals surface area (Å²) in [6.45, 7) is 2.67. The number of aryl methyl sites for hydroxylation is 1. The number of halogens is 1. The van der Waals surface area contributed by atoms with Gasteiger partial charge in [0.25, 0.3) is 5.56 Å². The lowest BCUT2D eigenvalue weighted by Gasteiger charge is -2.37. The molecule has 2 aromatic heterocycles. The number of oxazole rings is 1. The fourth-order valence-corrected chi connectivity index (χ4v) is 4.86. The molecule has 11 heteroatoms. The monoisotopic (exact) mass is 518 g/mol. The Labute approximate surface area is 196 Å². The highest BCUT2D eigenvalue weighted by atomic mass is 79.9. The fourth-order valence-electron chi connectivity index (χ4n) is 4.54. The van der Waals surface area contributed by atoms with E-state index >= 15 is 0 Å². The molecule has 1 amide bonds. The van der Waals surface area contributed by atoms with E-state index in [0.29, 0.717) is 18.0 Å². The molecular weight excluding hydrogens is 496 g/mol. The standard InChI is InChI=1S/C22H23BrN4O6/c1-11-14(23)6-5-13-18(11)27(12-3-4-12)20(28)17-19(13)33-16(24-17)10-25-7-8-26(22(30)31)9-15(25)21(29)32-2/h5-6,12,15H,3-4,7-10H2,1-2H3,(H,30,31). The largest absolute Gasteiger partial charge is 0.468 e. The van der Waals surface area contributed by atoms with Crippen LogP contribution >= 0.6 is 15.9 Å². The van der Waals surface area contributed by atoms with Gasteiger partial charge in [-0.3, -0.25) is 14.5 Å². The number of hydrogen-bond donors (Lipinski definition) is 1. The quantitative estimate of drug-likeness (QED) is 0.523. The van der Waals surface area contributed by atoms with Gasteiger partial charge in [-0.05, 0) is 37.5 Å². The van der Waals surface area contributed by atoms with E-state index in [1.54, 1.807) is 4.90 Å². The molecule has 5 rings (SSSR count). The van der Waals surface area contributed by atoms with Crippen molar-refractivity contribution in [2.45, 2.75) is 38.4 Å². The Morgan fingerprint density at radius 3 is 2.73 bits per heavy atom. The van der Waals surface area contributed by atoms with Crippen molar-refractivity contribution in [2.75, 3.05) is 26.7 Å². The lowest BCUT2D eigenvalue weighted by atomic mass is 10.1. The van der Waals surface area contributed by atoms with Crippen molar-refractivity contribution in [1.82, 2.24) is 19.4 Å². The third-order valence-electron chi connectivity index (χ3n) is 6.43. The molecule has 2 fully saturated rings. The molecule has 0 bridgehead atoms. The number of amides is 1. The number of nitrogens with zero attached hydrogens (tertiary/aromatic N) is 4. The maximum Gasteiger partial charge on any atom is 0.407 e. The number of ether oxygens (including phenoxy) is 1. The maximum absolute atomic E-state index is 13.4. The predicted molar refractivity (Wildman–Crippen MR) is 122 cm³/mol. The van der Waals surface area contributed by atoms with Crippen LogP contribution in [0.1, 0.15) is 30.3 Å². The van der Waals surface area contributed by atoms with Crippen LogP contribution in [0, 0.1) is 6.92 Å². The van der Waals surface area contributed by atoms with E-state index < -0.39 is 18.1 Å². The van der Waals surface area contributed by atoms with E-state index in [2.05, 4.69) is 20.9 Å². The van der Waals surface area contributed by atoms with Gasteiger partial charge in [0.1, 0.15) is 6.04 Å². The summed E-state index contributed by atoms with van der Waals surface area (Å²) < 4.78 is 13.7. The van der Waals surface area contributed by atoms with Gasteiger partial charge >= 0.3 is 12.1 Å². The van der Waals surface area contributed by atoms with Gasteiger partial charge in [0.05, 0.1) is 25.7 Å². The molecule has 3 aromatic rings. The number of hydrogen-bond acceptors (Lipinski definition) is 7. The van der Waals surface area contributed by atoms with E-state index in [1.165, 1.54) is 12.0 Å². The Bertz CT molecular complexity index is 1340. The number of piperazine rings is 1. The molecule has 174 valence electrons. The van der Waals surface area contributed by atoms with Crippen LogP contribution in [0.3, 0.4) is 0 Å². The van der Waals surface area contributed by atoms with Crippen molar-refractivity contribution in [3.05, 3.63) is 38.4 Å². The lowest BCUT2D eigenvalue weighted by Crippen LogP contribution is -2.57.